The molecule has 22 heavy (non-hydrogen) atoms. The monoisotopic (exact) mass is 302 g/mol. The lowest BCUT2D eigenvalue weighted by molar-refractivity contribution is -0.129. The number of hydrogen-bond acceptors (Lipinski definition) is 4. The van der Waals surface area contributed by atoms with Gasteiger partial charge in [0, 0.05) is 63.5 Å². The van der Waals surface area contributed by atoms with Crippen LogP contribution < -0.4 is 0 Å². The van der Waals surface area contributed by atoms with Gasteiger partial charge in [0.15, 0.2) is 0 Å². The zero-order valence-electron chi connectivity index (χ0n) is 13.5. The van der Waals surface area contributed by atoms with Crippen molar-refractivity contribution in [2.24, 2.45) is 0 Å². The molecule has 2 fully saturated rings. The van der Waals surface area contributed by atoms with Gasteiger partial charge >= 0.3 is 0 Å². The molecule has 1 amide bonds. The average molecular weight is 302 g/mol. The SMILES string of the molecule is CN1CCN(Cc2cnc(C3CCCCC3)nc2)CCC1=O. The molecule has 0 aromatic carbocycles. The van der Waals surface area contributed by atoms with Gasteiger partial charge in [0.25, 0.3) is 0 Å². The van der Waals surface area contributed by atoms with Crippen LogP contribution >= 0.6 is 0 Å². The van der Waals surface area contributed by atoms with E-state index in [9.17, 15) is 4.79 Å². The summed E-state index contributed by atoms with van der Waals surface area (Å²) in [5, 5.41) is 0. The summed E-state index contributed by atoms with van der Waals surface area (Å²) in [5.41, 5.74) is 1.15. The van der Waals surface area contributed by atoms with E-state index in [1.54, 1.807) is 0 Å². The molecule has 1 saturated carbocycles. The van der Waals surface area contributed by atoms with Gasteiger partial charge in [-0.2, -0.15) is 0 Å². The number of rotatable bonds is 3. The Labute approximate surface area is 132 Å². The van der Waals surface area contributed by atoms with Crippen LogP contribution in [-0.2, 0) is 11.3 Å². The molecule has 2 aliphatic rings. The van der Waals surface area contributed by atoms with Crippen LogP contribution in [0.25, 0.3) is 0 Å². The van der Waals surface area contributed by atoms with E-state index in [4.69, 9.17) is 0 Å². The quantitative estimate of drug-likeness (QED) is 0.859. The summed E-state index contributed by atoms with van der Waals surface area (Å²) in [6.07, 6.45) is 11.0. The number of nitrogens with zero attached hydrogens (tertiary/aromatic N) is 4. The third-order valence-electron chi connectivity index (χ3n) is 4.92. The first kappa shape index (κ1) is 15.4. The fraction of sp³-hybridized carbons (Fsp3) is 0.706. The van der Waals surface area contributed by atoms with Gasteiger partial charge in [-0.1, -0.05) is 19.3 Å². The van der Waals surface area contributed by atoms with Crippen molar-refractivity contribution in [3.8, 4) is 0 Å². The molecule has 0 unspecified atom stereocenters. The highest BCUT2D eigenvalue weighted by atomic mass is 16.2. The molecule has 1 saturated heterocycles. The Morgan fingerprint density at radius 1 is 1.09 bits per heavy atom. The van der Waals surface area contributed by atoms with Crippen molar-refractivity contribution in [3.63, 3.8) is 0 Å². The Morgan fingerprint density at radius 2 is 1.82 bits per heavy atom. The van der Waals surface area contributed by atoms with Crippen LogP contribution in [0.1, 0.15) is 55.8 Å². The number of carbonyl (C=O) groups is 1. The number of carbonyl (C=O) groups excluding carboxylic acids is 1. The van der Waals surface area contributed by atoms with Crippen LogP contribution in [0.3, 0.4) is 0 Å². The van der Waals surface area contributed by atoms with E-state index in [1.807, 2.05) is 24.3 Å². The number of hydrogen-bond donors (Lipinski definition) is 0. The lowest BCUT2D eigenvalue weighted by atomic mass is 9.89. The molecule has 1 aromatic rings. The van der Waals surface area contributed by atoms with Crippen LogP contribution in [0.5, 0.6) is 0 Å². The highest BCUT2D eigenvalue weighted by Crippen LogP contribution is 2.30. The van der Waals surface area contributed by atoms with Gasteiger partial charge in [-0.25, -0.2) is 9.97 Å². The molecule has 0 bridgehead atoms. The molecule has 1 aliphatic carbocycles. The predicted molar refractivity (Wildman–Crippen MR) is 85.4 cm³/mol. The van der Waals surface area contributed by atoms with Crippen LogP contribution in [0, 0.1) is 0 Å². The molecule has 120 valence electrons. The zero-order chi connectivity index (χ0) is 15.4. The minimum atomic E-state index is 0.242. The first-order valence-corrected chi connectivity index (χ1v) is 8.49. The van der Waals surface area contributed by atoms with Crippen molar-refractivity contribution in [1.29, 1.82) is 0 Å². The van der Waals surface area contributed by atoms with Crippen molar-refractivity contribution < 1.29 is 4.79 Å². The molecule has 2 heterocycles. The Morgan fingerprint density at radius 3 is 2.55 bits per heavy atom. The van der Waals surface area contributed by atoms with E-state index in [2.05, 4.69) is 14.9 Å². The maximum atomic E-state index is 11.7. The molecular weight excluding hydrogens is 276 g/mol. The molecule has 0 radical (unpaired) electrons. The van der Waals surface area contributed by atoms with Gasteiger partial charge in [-0.3, -0.25) is 9.69 Å². The molecule has 0 N–H and O–H groups in total. The predicted octanol–water partition coefficient (Wildman–Crippen LogP) is 2.19. The fourth-order valence-corrected chi connectivity index (χ4v) is 3.41. The largest absolute Gasteiger partial charge is 0.344 e. The van der Waals surface area contributed by atoms with Crippen LogP contribution in [-0.4, -0.2) is 52.4 Å². The van der Waals surface area contributed by atoms with Crippen molar-refractivity contribution in [3.05, 3.63) is 23.8 Å². The Kier molecular flexibility index (Phi) is 5.03. The minimum Gasteiger partial charge on any atom is -0.344 e. The van der Waals surface area contributed by atoms with E-state index in [0.717, 1.165) is 37.6 Å². The van der Waals surface area contributed by atoms with Gasteiger partial charge in [-0.15, -0.1) is 0 Å². The average Bonchev–Trinajstić information content (AvgIpc) is 2.72. The lowest BCUT2D eigenvalue weighted by Gasteiger charge is -2.21. The van der Waals surface area contributed by atoms with Crippen LogP contribution in [0.4, 0.5) is 0 Å². The summed E-state index contributed by atoms with van der Waals surface area (Å²) in [4.78, 5) is 25.1. The summed E-state index contributed by atoms with van der Waals surface area (Å²) in [6.45, 7) is 3.39. The second-order valence-corrected chi connectivity index (χ2v) is 6.63. The van der Waals surface area contributed by atoms with E-state index < -0.39 is 0 Å². The van der Waals surface area contributed by atoms with Crippen molar-refractivity contribution >= 4 is 5.91 Å². The molecular formula is C17H26N4O. The topological polar surface area (TPSA) is 49.3 Å². The van der Waals surface area contributed by atoms with Crippen molar-refractivity contribution in [1.82, 2.24) is 19.8 Å². The summed E-state index contributed by atoms with van der Waals surface area (Å²) < 4.78 is 0. The van der Waals surface area contributed by atoms with Gasteiger partial charge in [0.1, 0.15) is 5.82 Å². The third-order valence-corrected chi connectivity index (χ3v) is 4.92. The Balaban J connectivity index is 1.57. The molecule has 0 atom stereocenters. The van der Waals surface area contributed by atoms with Crippen LogP contribution in [0.15, 0.2) is 12.4 Å². The maximum absolute atomic E-state index is 11.7. The first-order valence-electron chi connectivity index (χ1n) is 8.49. The van der Waals surface area contributed by atoms with Gasteiger partial charge < -0.3 is 4.90 Å². The third kappa shape index (κ3) is 3.83. The van der Waals surface area contributed by atoms with Crippen molar-refractivity contribution in [2.75, 3.05) is 26.7 Å². The molecule has 5 nitrogen and oxygen atoms in total. The summed E-state index contributed by atoms with van der Waals surface area (Å²) in [7, 11) is 1.88. The number of amides is 1. The highest BCUT2D eigenvalue weighted by molar-refractivity contribution is 5.76. The standard InChI is InChI=1S/C17H26N4O/c1-20-9-10-21(8-7-16(20)22)13-14-11-18-17(19-12-14)15-5-3-2-4-6-15/h11-12,15H,2-10,13H2,1H3. The molecule has 0 spiro atoms. The Hall–Kier alpha value is -1.49. The van der Waals surface area contributed by atoms with Gasteiger partial charge in [-0.05, 0) is 12.8 Å². The van der Waals surface area contributed by atoms with Gasteiger partial charge in [0.2, 0.25) is 5.91 Å². The Bertz CT molecular complexity index is 496. The van der Waals surface area contributed by atoms with E-state index in [1.165, 1.54) is 32.1 Å². The minimum absolute atomic E-state index is 0.242. The van der Waals surface area contributed by atoms with Crippen molar-refractivity contribution in [2.45, 2.75) is 51.0 Å². The molecule has 1 aliphatic heterocycles. The lowest BCUT2D eigenvalue weighted by Crippen LogP contribution is -2.29. The van der Waals surface area contributed by atoms with E-state index in [0.29, 0.717) is 12.3 Å². The summed E-state index contributed by atoms with van der Waals surface area (Å²) in [6, 6.07) is 0. The summed E-state index contributed by atoms with van der Waals surface area (Å²) >= 11 is 0. The van der Waals surface area contributed by atoms with E-state index in [-0.39, 0.29) is 5.91 Å². The number of likely N-dealkylation sites (N-methyl/N-ethyl adjacent to an activating group) is 1. The highest BCUT2D eigenvalue weighted by Gasteiger charge is 2.20. The second kappa shape index (κ2) is 7.18. The number of aromatic nitrogens is 2. The summed E-state index contributed by atoms with van der Waals surface area (Å²) in [5.74, 6) is 1.83. The fourth-order valence-electron chi connectivity index (χ4n) is 3.41. The smallest absolute Gasteiger partial charge is 0.223 e. The van der Waals surface area contributed by atoms with Crippen LogP contribution in [0.2, 0.25) is 0 Å². The first-order chi connectivity index (χ1) is 10.7. The van der Waals surface area contributed by atoms with E-state index >= 15 is 0 Å². The maximum Gasteiger partial charge on any atom is 0.223 e. The zero-order valence-corrected chi connectivity index (χ0v) is 13.5. The molecule has 3 rings (SSSR count). The van der Waals surface area contributed by atoms with Gasteiger partial charge in [0.05, 0.1) is 0 Å². The second-order valence-electron chi connectivity index (χ2n) is 6.63. The normalized spacial score (nSPS) is 21.9. The molecule has 5 heteroatoms. The molecule has 1 aromatic heterocycles.